The van der Waals surface area contributed by atoms with Crippen LogP contribution in [0.2, 0.25) is 0 Å². The van der Waals surface area contributed by atoms with Crippen molar-refractivity contribution in [2.75, 3.05) is 5.32 Å². The number of nitrogens with zero attached hydrogens (tertiary/aromatic N) is 3. The van der Waals surface area contributed by atoms with Gasteiger partial charge in [0.25, 0.3) is 10.0 Å². The molecule has 0 fully saturated rings. The molecule has 3 aromatic rings. The molecule has 0 radical (unpaired) electrons. The first-order valence-electron chi connectivity index (χ1n) is 9.01. The molecule has 9 heteroatoms. The van der Waals surface area contributed by atoms with Crippen molar-refractivity contribution < 1.29 is 13.2 Å². The molecule has 0 unspecified atom stereocenters. The number of aliphatic imine (C=N–C) groups is 1. The van der Waals surface area contributed by atoms with E-state index < -0.39 is 16.1 Å². The summed E-state index contributed by atoms with van der Waals surface area (Å²) in [7, 11) is -3.64. The first-order valence-corrected chi connectivity index (χ1v) is 10.5. The molecule has 2 N–H and O–H groups in total. The van der Waals surface area contributed by atoms with Gasteiger partial charge < -0.3 is 5.32 Å². The van der Waals surface area contributed by atoms with Crippen LogP contribution in [0, 0.1) is 0 Å². The molecule has 8 nitrogen and oxygen atoms in total. The van der Waals surface area contributed by atoms with Crippen LogP contribution in [0.1, 0.15) is 18.1 Å². The largest absolute Gasteiger partial charge is 0.309 e. The van der Waals surface area contributed by atoms with Crippen LogP contribution in [0.25, 0.3) is 0 Å². The third kappa shape index (κ3) is 3.90. The minimum Gasteiger partial charge on any atom is -0.309 e. The lowest BCUT2D eigenvalue weighted by molar-refractivity contribution is -0.117. The van der Waals surface area contributed by atoms with Crippen molar-refractivity contribution in [1.82, 2.24) is 14.5 Å². The van der Waals surface area contributed by atoms with Gasteiger partial charge in [-0.05, 0) is 24.6 Å². The van der Waals surface area contributed by atoms with Gasteiger partial charge in [-0.2, -0.15) is 5.10 Å². The molecule has 1 aliphatic rings. The van der Waals surface area contributed by atoms with Gasteiger partial charge in [0.05, 0.1) is 17.6 Å². The van der Waals surface area contributed by atoms with Crippen molar-refractivity contribution >= 4 is 27.6 Å². The van der Waals surface area contributed by atoms with Crippen molar-refractivity contribution in [3.05, 3.63) is 78.0 Å². The zero-order valence-electron chi connectivity index (χ0n) is 15.6. The molecule has 0 spiro atoms. The molecule has 0 saturated carbocycles. The predicted octanol–water partition coefficient (Wildman–Crippen LogP) is 2.00. The summed E-state index contributed by atoms with van der Waals surface area (Å²) in [5, 5.41) is 7.06. The Morgan fingerprint density at radius 3 is 2.66 bits per heavy atom. The number of hydrogen-bond acceptors (Lipinski definition) is 5. The van der Waals surface area contributed by atoms with Crippen LogP contribution < -0.4 is 10.0 Å². The van der Waals surface area contributed by atoms with Crippen molar-refractivity contribution in [2.24, 2.45) is 4.99 Å². The summed E-state index contributed by atoms with van der Waals surface area (Å²) in [5.41, 5.74) is 1.51. The maximum Gasteiger partial charge on any atom is 0.263 e. The number of anilines is 1. The number of nitrogens with one attached hydrogen (secondary N) is 2. The topological polar surface area (TPSA) is 105 Å². The number of amides is 1. The molecule has 0 bridgehead atoms. The summed E-state index contributed by atoms with van der Waals surface area (Å²) in [4.78, 5) is 17.1. The number of carbonyl (C=O) groups excluding carboxylic acids is 1. The number of benzene rings is 2. The van der Waals surface area contributed by atoms with Crippen LogP contribution in [-0.2, 0) is 21.4 Å². The molecular formula is C20H19N5O3S. The number of amidine groups is 1. The second kappa shape index (κ2) is 7.51. The monoisotopic (exact) mass is 409 g/mol. The van der Waals surface area contributed by atoms with Gasteiger partial charge in [-0.1, -0.05) is 42.5 Å². The van der Waals surface area contributed by atoms with E-state index in [1.165, 1.54) is 6.07 Å². The Bertz CT molecular complexity index is 1190. The molecule has 1 aliphatic heterocycles. The van der Waals surface area contributed by atoms with Gasteiger partial charge in [-0.3, -0.25) is 14.5 Å². The van der Waals surface area contributed by atoms with E-state index in [2.05, 4.69) is 20.1 Å². The summed E-state index contributed by atoms with van der Waals surface area (Å²) in [5.74, 6) is 0.343. The smallest absolute Gasteiger partial charge is 0.263 e. The van der Waals surface area contributed by atoms with E-state index >= 15 is 0 Å². The van der Waals surface area contributed by atoms with Gasteiger partial charge in [0, 0.05) is 11.6 Å². The molecule has 2 heterocycles. The van der Waals surface area contributed by atoms with Crippen molar-refractivity contribution in [2.45, 2.75) is 24.4 Å². The summed E-state index contributed by atoms with van der Waals surface area (Å²) in [6.45, 7) is 2.12. The Hall–Kier alpha value is -3.46. The van der Waals surface area contributed by atoms with E-state index in [9.17, 15) is 13.2 Å². The Labute approximate surface area is 168 Å². The predicted molar refractivity (Wildman–Crippen MR) is 109 cm³/mol. The molecule has 29 heavy (non-hydrogen) atoms. The van der Waals surface area contributed by atoms with Gasteiger partial charge in [0.15, 0.2) is 0 Å². The third-order valence-corrected chi connectivity index (χ3v) is 5.91. The number of sulfonamides is 1. The van der Waals surface area contributed by atoms with Crippen LogP contribution in [0.3, 0.4) is 0 Å². The zero-order valence-corrected chi connectivity index (χ0v) is 16.4. The lowest BCUT2D eigenvalue weighted by Gasteiger charge is -2.12. The molecule has 1 atom stereocenters. The number of aromatic nitrogens is 2. The second-order valence-electron chi connectivity index (χ2n) is 6.60. The van der Waals surface area contributed by atoms with Crippen molar-refractivity contribution in [3.8, 4) is 0 Å². The number of hydrogen-bond donors (Lipinski definition) is 2. The van der Waals surface area contributed by atoms with Gasteiger partial charge in [-0.25, -0.2) is 13.1 Å². The fourth-order valence-corrected chi connectivity index (χ4v) is 4.27. The summed E-state index contributed by atoms with van der Waals surface area (Å²) in [6.07, 6.45) is 1.61. The van der Waals surface area contributed by atoms with Gasteiger partial charge >= 0.3 is 0 Å². The second-order valence-corrected chi connectivity index (χ2v) is 8.26. The maximum absolute atomic E-state index is 12.6. The van der Waals surface area contributed by atoms with Crippen LogP contribution in [0.4, 0.5) is 5.82 Å². The molecule has 1 aromatic heterocycles. The average molecular weight is 409 g/mol. The highest BCUT2D eigenvalue weighted by Crippen LogP contribution is 2.22. The highest BCUT2D eigenvalue weighted by Gasteiger charge is 2.31. The lowest BCUT2D eigenvalue weighted by Crippen LogP contribution is -2.29. The van der Waals surface area contributed by atoms with E-state index in [0.29, 0.717) is 17.9 Å². The fraction of sp³-hybridized carbons (Fsp3) is 0.150. The van der Waals surface area contributed by atoms with Gasteiger partial charge in [0.2, 0.25) is 5.91 Å². The molecule has 4 rings (SSSR count). The quantitative estimate of drug-likeness (QED) is 0.672. The molecule has 1 amide bonds. The third-order valence-electron chi connectivity index (χ3n) is 4.51. The summed E-state index contributed by atoms with van der Waals surface area (Å²) in [6, 6.07) is 17.2. The minimum atomic E-state index is -3.64. The molecule has 2 aromatic carbocycles. The van der Waals surface area contributed by atoms with E-state index in [0.717, 1.165) is 5.56 Å². The fourth-order valence-electron chi connectivity index (χ4n) is 3.03. The number of carbonyl (C=O) groups is 1. The van der Waals surface area contributed by atoms with Gasteiger partial charge in [-0.15, -0.1) is 0 Å². The number of rotatable bonds is 5. The Balaban J connectivity index is 1.51. The summed E-state index contributed by atoms with van der Waals surface area (Å²) >= 11 is 0. The molecule has 0 saturated heterocycles. The van der Waals surface area contributed by atoms with Crippen LogP contribution in [0.15, 0.2) is 76.7 Å². The standard InChI is InChI=1S/C20H19N5O3S/c1-14(22-19-16-9-5-6-10-17(16)29(27,28)24-19)20(26)23-18-11-12-21-25(18)13-15-7-3-2-4-8-15/h2-12,14H,13H2,1H3,(H,22,24)(H,23,26)/t14-/m0/s1. The zero-order chi connectivity index (χ0) is 20.4. The lowest BCUT2D eigenvalue weighted by atomic mass is 10.2. The number of fused-ring (bicyclic) bond motifs is 1. The summed E-state index contributed by atoms with van der Waals surface area (Å²) < 4.78 is 28.5. The van der Waals surface area contributed by atoms with E-state index in [-0.39, 0.29) is 16.6 Å². The molecular weight excluding hydrogens is 390 g/mol. The molecule has 148 valence electrons. The first kappa shape index (κ1) is 18.9. The Morgan fingerprint density at radius 1 is 1.14 bits per heavy atom. The Morgan fingerprint density at radius 2 is 1.86 bits per heavy atom. The highest BCUT2D eigenvalue weighted by atomic mass is 32.2. The molecule has 0 aliphatic carbocycles. The van der Waals surface area contributed by atoms with E-state index in [4.69, 9.17) is 0 Å². The van der Waals surface area contributed by atoms with Gasteiger partial charge in [0.1, 0.15) is 17.7 Å². The van der Waals surface area contributed by atoms with Crippen molar-refractivity contribution in [3.63, 3.8) is 0 Å². The first-order chi connectivity index (χ1) is 13.9. The average Bonchev–Trinajstić information content (AvgIpc) is 3.24. The SMILES string of the molecule is C[C@H](N=C1NS(=O)(=O)c2ccccc21)C(=O)Nc1ccnn1Cc1ccccc1. The highest BCUT2D eigenvalue weighted by molar-refractivity contribution is 7.90. The Kier molecular flexibility index (Phi) is 4.89. The van der Waals surface area contributed by atoms with Crippen LogP contribution in [0.5, 0.6) is 0 Å². The maximum atomic E-state index is 12.6. The van der Waals surface area contributed by atoms with E-state index in [1.54, 1.807) is 42.1 Å². The van der Waals surface area contributed by atoms with Crippen molar-refractivity contribution in [1.29, 1.82) is 0 Å². The normalized spacial score (nSPS) is 16.8. The van der Waals surface area contributed by atoms with E-state index in [1.807, 2.05) is 30.3 Å². The van der Waals surface area contributed by atoms with Crippen LogP contribution >= 0.6 is 0 Å². The van der Waals surface area contributed by atoms with Crippen LogP contribution in [-0.4, -0.2) is 36.0 Å². The minimum absolute atomic E-state index is 0.160.